The van der Waals surface area contributed by atoms with Gasteiger partial charge in [0, 0.05) is 0 Å². The second-order valence-electron chi connectivity index (χ2n) is 5.11. The van der Waals surface area contributed by atoms with Crippen LogP contribution in [0.4, 0.5) is 4.79 Å². The van der Waals surface area contributed by atoms with Crippen LogP contribution in [0, 0.1) is 0 Å². The van der Waals surface area contributed by atoms with E-state index in [1.807, 2.05) is 0 Å². The lowest BCUT2D eigenvalue weighted by atomic mass is 10.3. The molecule has 1 aliphatic heterocycles. The molecule has 0 bridgehead atoms. The molecule has 9 heteroatoms. The van der Waals surface area contributed by atoms with Crippen molar-refractivity contribution in [2.45, 2.75) is 0 Å². The number of para-hydroxylation sites is 2. The van der Waals surface area contributed by atoms with Crippen molar-refractivity contribution in [2.24, 2.45) is 0 Å². The van der Waals surface area contributed by atoms with Gasteiger partial charge >= 0.3 is 13.9 Å². The van der Waals surface area contributed by atoms with E-state index < -0.39 is 13.9 Å². The van der Waals surface area contributed by atoms with Gasteiger partial charge in [0.15, 0.2) is 0 Å². The van der Waals surface area contributed by atoms with Gasteiger partial charge in [-0.25, -0.2) is 9.69 Å². The number of carbonyl (C=O) groups is 1. The van der Waals surface area contributed by atoms with E-state index in [-0.39, 0.29) is 30.5 Å². The van der Waals surface area contributed by atoms with Gasteiger partial charge in [-0.3, -0.25) is 0 Å². The summed E-state index contributed by atoms with van der Waals surface area (Å²) in [6, 6.07) is 16.6. The fraction of sp³-hybridized carbons (Fsp3) is 0.118. The lowest BCUT2D eigenvalue weighted by Gasteiger charge is -2.27. The second-order valence-corrected chi connectivity index (χ2v) is 6.55. The molecule has 1 amide bonds. The predicted octanol–water partition coefficient (Wildman–Crippen LogP) is 4.08. The summed E-state index contributed by atoms with van der Waals surface area (Å²) >= 11 is 0. The van der Waals surface area contributed by atoms with Crippen molar-refractivity contribution in [3.63, 3.8) is 0 Å². The third-order valence-electron chi connectivity index (χ3n) is 3.24. The van der Waals surface area contributed by atoms with Gasteiger partial charge in [-0.1, -0.05) is 36.4 Å². The standard InChI is InChI=1S/C17H16NO7P/c19-17(20)18-11-12-22-13-16(18)25-26(21,23-14-7-3-1-4-8-14)24-15-9-5-2-6-10-15/h1-10,13H,11-12H2,(H,19,20). The van der Waals surface area contributed by atoms with E-state index in [1.165, 1.54) is 0 Å². The van der Waals surface area contributed by atoms with E-state index in [0.717, 1.165) is 11.2 Å². The molecule has 8 nitrogen and oxygen atoms in total. The van der Waals surface area contributed by atoms with E-state index in [9.17, 15) is 14.5 Å². The summed E-state index contributed by atoms with van der Waals surface area (Å²) in [6.45, 7) is 0.181. The molecule has 0 saturated heterocycles. The molecule has 0 radical (unpaired) electrons. The average molecular weight is 377 g/mol. The van der Waals surface area contributed by atoms with Gasteiger partial charge in [-0.15, -0.1) is 0 Å². The van der Waals surface area contributed by atoms with Crippen LogP contribution in [0.1, 0.15) is 0 Å². The van der Waals surface area contributed by atoms with Gasteiger partial charge in [0.25, 0.3) is 0 Å². The highest BCUT2D eigenvalue weighted by molar-refractivity contribution is 7.49. The number of rotatable bonds is 6. The molecule has 0 saturated carbocycles. The Labute approximate surface area is 149 Å². The molecule has 1 aliphatic rings. The SMILES string of the molecule is O=C(O)N1CCOC=C1OP(=O)(Oc1ccccc1)Oc1ccccc1. The number of amides is 1. The van der Waals surface area contributed by atoms with Gasteiger partial charge in [0.2, 0.25) is 5.88 Å². The first kappa shape index (κ1) is 17.7. The Bertz CT molecular complexity index is 780. The quantitative estimate of drug-likeness (QED) is 0.758. The van der Waals surface area contributed by atoms with Crippen molar-refractivity contribution < 1.29 is 32.8 Å². The Morgan fingerprint density at radius 3 is 2.00 bits per heavy atom. The van der Waals surface area contributed by atoms with Crippen LogP contribution in [0.25, 0.3) is 0 Å². The summed E-state index contributed by atoms with van der Waals surface area (Å²) in [5.41, 5.74) is 0. The zero-order valence-electron chi connectivity index (χ0n) is 13.6. The van der Waals surface area contributed by atoms with Crippen molar-refractivity contribution >= 4 is 13.9 Å². The zero-order valence-corrected chi connectivity index (χ0v) is 14.5. The van der Waals surface area contributed by atoms with Crippen LogP contribution >= 0.6 is 7.82 Å². The first-order valence-electron chi connectivity index (χ1n) is 7.67. The number of phosphoric acid groups is 1. The Morgan fingerprint density at radius 2 is 1.50 bits per heavy atom. The van der Waals surface area contributed by atoms with Crippen LogP contribution in [0.15, 0.2) is 72.8 Å². The van der Waals surface area contributed by atoms with E-state index in [4.69, 9.17) is 18.3 Å². The number of phosphoric ester groups is 1. The summed E-state index contributed by atoms with van der Waals surface area (Å²) in [5.74, 6) is 0.205. The summed E-state index contributed by atoms with van der Waals surface area (Å²) in [4.78, 5) is 12.2. The number of carboxylic acid groups (broad SMARTS) is 1. The minimum Gasteiger partial charge on any atom is -0.494 e. The molecule has 0 spiro atoms. The molecular weight excluding hydrogens is 361 g/mol. The van der Waals surface area contributed by atoms with Crippen LogP contribution < -0.4 is 9.05 Å². The predicted molar refractivity (Wildman–Crippen MR) is 91.6 cm³/mol. The first-order chi connectivity index (χ1) is 12.6. The lowest BCUT2D eigenvalue weighted by molar-refractivity contribution is 0.0819. The van der Waals surface area contributed by atoms with Gasteiger partial charge < -0.3 is 23.4 Å². The summed E-state index contributed by atoms with van der Waals surface area (Å²) < 4.78 is 34.5. The highest BCUT2D eigenvalue weighted by Gasteiger charge is 2.37. The highest BCUT2D eigenvalue weighted by atomic mass is 31.2. The summed E-state index contributed by atoms with van der Waals surface area (Å²) in [6.07, 6.45) is -0.210. The molecule has 2 aromatic carbocycles. The molecule has 0 aromatic heterocycles. The molecule has 1 heterocycles. The fourth-order valence-electron chi connectivity index (χ4n) is 2.10. The minimum atomic E-state index is -4.26. The van der Waals surface area contributed by atoms with Crippen molar-refractivity contribution in [3.05, 3.63) is 72.8 Å². The molecule has 0 fully saturated rings. The van der Waals surface area contributed by atoms with Crippen molar-refractivity contribution in [3.8, 4) is 11.5 Å². The van der Waals surface area contributed by atoms with Gasteiger partial charge in [0.05, 0.1) is 6.54 Å². The Morgan fingerprint density at radius 1 is 0.962 bits per heavy atom. The van der Waals surface area contributed by atoms with E-state index in [2.05, 4.69) is 0 Å². The maximum atomic E-state index is 13.2. The van der Waals surface area contributed by atoms with E-state index >= 15 is 0 Å². The first-order valence-corrected chi connectivity index (χ1v) is 9.13. The maximum Gasteiger partial charge on any atom is 0.648 e. The van der Waals surface area contributed by atoms with E-state index in [1.54, 1.807) is 60.7 Å². The zero-order chi connectivity index (χ0) is 18.4. The number of hydrogen-bond acceptors (Lipinski definition) is 6. The smallest absolute Gasteiger partial charge is 0.494 e. The molecule has 26 heavy (non-hydrogen) atoms. The Balaban J connectivity index is 1.88. The van der Waals surface area contributed by atoms with Crippen LogP contribution in [0.3, 0.4) is 0 Å². The molecule has 3 rings (SSSR count). The Kier molecular flexibility index (Phi) is 5.34. The lowest BCUT2D eigenvalue weighted by Crippen LogP contribution is -2.35. The molecular formula is C17H16NO7P. The maximum absolute atomic E-state index is 13.2. The highest BCUT2D eigenvalue weighted by Crippen LogP contribution is 2.51. The molecule has 0 atom stereocenters. The number of benzene rings is 2. The van der Waals surface area contributed by atoms with Gasteiger partial charge in [0.1, 0.15) is 24.4 Å². The van der Waals surface area contributed by atoms with Crippen molar-refractivity contribution in [2.75, 3.05) is 13.2 Å². The van der Waals surface area contributed by atoms with Crippen LogP contribution in [0.5, 0.6) is 11.5 Å². The van der Waals surface area contributed by atoms with Gasteiger partial charge in [-0.05, 0) is 24.3 Å². The normalized spacial score (nSPS) is 14.0. The Hall–Kier alpha value is -3.12. The molecule has 1 N–H and O–H groups in total. The number of hydrogen-bond donors (Lipinski definition) is 1. The molecule has 2 aromatic rings. The third kappa shape index (κ3) is 4.49. The van der Waals surface area contributed by atoms with E-state index in [0.29, 0.717) is 0 Å². The number of nitrogens with zero attached hydrogens (tertiary/aromatic N) is 1. The summed E-state index contributed by atoms with van der Waals surface area (Å²) in [5, 5.41) is 9.26. The monoisotopic (exact) mass is 377 g/mol. The third-order valence-corrected chi connectivity index (χ3v) is 4.52. The molecule has 136 valence electrons. The molecule has 0 aliphatic carbocycles. The molecule has 0 unspecified atom stereocenters. The topological polar surface area (TPSA) is 94.5 Å². The van der Waals surface area contributed by atoms with Gasteiger partial charge in [-0.2, -0.15) is 4.57 Å². The van der Waals surface area contributed by atoms with Crippen LogP contribution in [-0.4, -0.2) is 29.3 Å². The summed E-state index contributed by atoms with van der Waals surface area (Å²) in [7, 11) is -4.26. The number of ether oxygens (including phenoxy) is 1. The van der Waals surface area contributed by atoms with Crippen LogP contribution in [-0.2, 0) is 13.8 Å². The van der Waals surface area contributed by atoms with Crippen molar-refractivity contribution in [1.82, 2.24) is 4.90 Å². The largest absolute Gasteiger partial charge is 0.648 e. The second kappa shape index (κ2) is 7.84. The van der Waals surface area contributed by atoms with Crippen LogP contribution in [0.2, 0.25) is 0 Å². The fourth-order valence-corrected chi connectivity index (χ4v) is 3.34. The van der Waals surface area contributed by atoms with Crippen molar-refractivity contribution in [1.29, 1.82) is 0 Å². The minimum absolute atomic E-state index is 0.0256. The average Bonchev–Trinajstić information content (AvgIpc) is 2.63.